The molecule has 1 saturated carbocycles. The molecule has 1 unspecified atom stereocenters. The quantitative estimate of drug-likeness (QED) is 0.905. The van der Waals surface area contributed by atoms with Gasteiger partial charge in [0.15, 0.2) is 0 Å². The summed E-state index contributed by atoms with van der Waals surface area (Å²) in [4.78, 5) is 15.1. The lowest BCUT2D eigenvalue weighted by molar-refractivity contribution is -0.132. The van der Waals surface area contributed by atoms with E-state index in [4.69, 9.17) is 4.52 Å². The van der Waals surface area contributed by atoms with Crippen LogP contribution < -0.4 is 5.32 Å². The van der Waals surface area contributed by atoms with E-state index in [1.807, 2.05) is 13.0 Å². The average molecular weight is 345 g/mol. The summed E-state index contributed by atoms with van der Waals surface area (Å²) in [5.74, 6) is 0.915. The van der Waals surface area contributed by atoms with Gasteiger partial charge in [-0.3, -0.25) is 4.79 Å². The number of rotatable bonds is 5. The zero-order valence-corrected chi connectivity index (χ0v) is 14.8. The van der Waals surface area contributed by atoms with E-state index in [2.05, 4.69) is 32.2 Å². The van der Waals surface area contributed by atoms with E-state index in [1.54, 1.807) is 11.3 Å². The van der Waals surface area contributed by atoms with Crippen molar-refractivity contribution >= 4 is 17.2 Å². The molecule has 24 heavy (non-hydrogen) atoms. The van der Waals surface area contributed by atoms with Gasteiger partial charge in [-0.2, -0.15) is 11.3 Å². The van der Waals surface area contributed by atoms with Crippen LogP contribution in [0, 0.1) is 12.3 Å². The van der Waals surface area contributed by atoms with Crippen LogP contribution in [-0.2, 0) is 17.8 Å². The van der Waals surface area contributed by atoms with Gasteiger partial charge in [0.25, 0.3) is 0 Å². The largest absolute Gasteiger partial charge is 0.361 e. The van der Waals surface area contributed by atoms with E-state index in [0.717, 1.165) is 31.0 Å². The Morgan fingerprint density at radius 1 is 1.50 bits per heavy atom. The molecular formula is C18H23N3O2S. The van der Waals surface area contributed by atoms with E-state index in [9.17, 15) is 4.79 Å². The Kier molecular flexibility index (Phi) is 4.18. The Labute approximate surface area is 146 Å². The first-order valence-electron chi connectivity index (χ1n) is 8.60. The van der Waals surface area contributed by atoms with Crippen molar-refractivity contribution in [1.82, 2.24) is 15.4 Å². The fourth-order valence-corrected chi connectivity index (χ4v) is 4.60. The number of amides is 1. The second-order valence-corrected chi connectivity index (χ2v) is 7.87. The molecule has 1 saturated heterocycles. The smallest absolute Gasteiger partial charge is 0.229 e. The summed E-state index contributed by atoms with van der Waals surface area (Å²) in [6.45, 7) is 4.70. The molecule has 4 rings (SSSR count). The van der Waals surface area contributed by atoms with Gasteiger partial charge in [0.2, 0.25) is 5.91 Å². The number of carbonyl (C=O) groups is 1. The molecule has 6 heteroatoms. The van der Waals surface area contributed by atoms with E-state index in [-0.39, 0.29) is 5.91 Å². The van der Waals surface area contributed by atoms with E-state index in [1.165, 1.54) is 18.4 Å². The lowest BCUT2D eigenvalue weighted by Crippen LogP contribution is -2.39. The Bertz CT molecular complexity index is 704. The van der Waals surface area contributed by atoms with Gasteiger partial charge in [0, 0.05) is 18.7 Å². The van der Waals surface area contributed by atoms with Gasteiger partial charge in [-0.1, -0.05) is 5.16 Å². The van der Waals surface area contributed by atoms with E-state index >= 15 is 0 Å². The first-order valence-corrected chi connectivity index (χ1v) is 9.54. The van der Waals surface area contributed by atoms with Crippen LogP contribution in [0.3, 0.4) is 0 Å². The Balaban J connectivity index is 1.51. The number of carbonyl (C=O) groups excluding carboxylic acids is 1. The van der Waals surface area contributed by atoms with Crippen LogP contribution in [0.2, 0.25) is 0 Å². The summed E-state index contributed by atoms with van der Waals surface area (Å²) in [6.07, 6.45) is 3.82. The molecular weight excluding hydrogens is 322 g/mol. The molecule has 1 N–H and O–H groups in total. The Morgan fingerprint density at radius 2 is 2.33 bits per heavy atom. The van der Waals surface area contributed by atoms with E-state index < -0.39 is 0 Å². The molecule has 3 heterocycles. The lowest BCUT2D eigenvalue weighted by Gasteiger charge is -2.29. The van der Waals surface area contributed by atoms with Crippen molar-refractivity contribution in [3.05, 3.63) is 39.9 Å². The molecule has 1 amide bonds. The number of hydrogen-bond donors (Lipinski definition) is 1. The fourth-order valence-electron chi connectivity index (χ4n) is 3.94. The highest BCUT2D eigenvalue weighted by atomic mass is 32.1. The van der Waals surface area contributed by atoms with Crippen LogP contribution in [0.15, 0.2) is 27.4 Å². The number of hydrogen-bond acceptors (Lipinski definition) is 5. The molecule has 1 aliphatic carbocycles. The highest BCUT2D eigenvalue weighted by molar-refractivity contribution is 7.07. The van der Waals surface area contributed by atoms with Crippen LogP contribution in [0.1, 0.15) is 36.3 Å². The molecule has 2 aliphatic rings. The molecule has 0 aromatic carbocycles. The maximum absolute atomic E-state index is 13.0. The molecule has 0 bridgehead atoms. The second kappa shape index (κ2) is 6.33. The first-order chi connectivity index (χ1) is 11.7. The average Bonchev–Trinajstić information content (AvgIpc) is 2.96. The zero-order valence-electron chi connectivity index (χ0n) is 14.0. The van der Waals surface area contributed by atoms with Gasteiger partial charge in [-0.05, 0) is 67.1 Å². The summed E-state index contributed by atoms with van der Waals surface area (Å²) in [6, 6.07) is 4.34. The van der Waals surface area contributed by atoms with Gasteiger partial charge in [0.05, 0.1) is 12.1 Å². The third-order valence-electron chi connectivity index (χ3n) is 5.38. The van der Waals surface area contributed by atoms with Crippen molar-refractivity contribution < 1.29 is 9.32 Å². The highest BCUT2D eigenvalue weighted by Crippen LogP contribution is 2.56. The Morgan fingerprint density at radius 3 is 3.00 bits per heavy atom. The lowest BCUT2D eigenvalue weighted by atomic mass is 9.93. The third-order valence-corrected chi connectivity index (χ3v) is 6.12. The standard InChI is InChI=1S/C18H23N3O2S/c1-13-8-15(20-23-13)9-17(22)21(11-14-2-7-24-12-14)16-10-18(16)3-5-19-6-4-18/h2,7-8,12,16,19H,3-6,9-11H2,1H3. The van der Waals surface area contributed by atoms with Gasteiger partial charge in [0.1, 0.15) is 5.76 Å². The number of aryl methyl sites for hydroxylation is 1. The van der Waals surface area contributed by atoms with Crippen molar-refractivity contribution in [2.75, 3.05) is 13.1 Å². The minimum atomic E-state index is 0.162. The molecule has 2 aromatic rings. The first kappa shape index (κ1) is 15.8. The molecule has 1 aliphatic heterocycles. The monoisotopic (exact) mass is 345 g/mol. The molecule has 0 radical (unpaired) electrons. The summed E-state index contributed by atoms with van der Waals surface area (Å²) >= 11 is 1.68. The summed E-state index contributed by atoms with van der Waals surface area (Å²) in [5, 5.41) is 11.6. The van der Waals surface area contributed by atoms with Crippen molar-refractivity contribution in [1.29, 1.82) is 0 Å². The zero-order chi connectivity index (χ0) is 16.6. The van der Waals surface area contributed by atoms with E-state index in [0.29, 0.717) is 24.4 Å². The van der Waals surface area contributed by atoms with Crippen LogP contribution >= 0.6 is 11.3 Å². The minimum absolute atomic E-state index is 0.162. The van der Waals surface area contributed by atoms with Gasteiger partial charge >= 0.3 is 0 Å². The molecule has 2 fully saturated rings. The Hall–Kier alpha value is -1.66. The SMILES string of the molecule is Cc1cc(CC(=O)N(Cc2ccsc2)C2CC23CCNCC3)no1. The number of nitrogens with one attached hydrogen (secondary N) is 1. The van der Waals surface area contributed by atoms with Gasteiger partial charge in [-0.25, -0.2) is 0 Å². The summed E-state index contributed by atoms with van der Waals surface area (Å²) < 4.78 is 5.11. The minimum Gasteiger partial charge on any atom is -0.361 e. The second-order valence-electron chi connectivity index (χ2n) is 7.09. The molecule has 1 atom stereocenters. The molecule has 128 valence electrons. The summed E-state index contributed by atoms with van der Waals surface area (Å²) in [5.41, 5.74) is 2.30. The number of nitrogens with zero attached hydrogens (tertiary/aromatic N) is 2. The van der Waals surface area contributed by atoms with Crippen molar-refractivity contribution in [2.24, 2.45) is 5.41 Å². The normalized spacial score (nSPS) is 21.8. The topological polar surface area (TPSA) is 58.4 Å². The van der Waals surface area contributed by atoms with Crippen molar-refractivity contribution in [3.63, 3.8) is 0 Å². The number of thiophene rings is 1. The third kappa shape index (κ3) is 3.13. The van der Waals surface area contributed by atoms with Crippen LogP contribution in [0.5, 0.6) is 0 Å². The predicted molar refractivity (Wildman–Crippen MR) is 92.8 cm³/mol. The van der Waals surface area contributed by atoms with Gasteiger partial charge < -0.3 is 14.7 Å². The van der Waals surface area contributed by atoms with Crippen LogP contribution in [0.4, 0.5) is 0 Å². The number of piperidine rings is 1. The van der Waals surface area contributed by atoms with Crippen molar-refractivity contribution in [2.45, 2.75) is 45.2 Å². The number of aromatic nitrogens is 1. The van der Waals surface area contributed by atoms with Gasteiger partial charge in [-0.15, -0.1) is 0 Å². The molecule has 1 spiro atoms. The van der Waals surface area contributed by atoms with Crippen LogP contribution in [0.25, 0.3) is 0 Å². The summed E-state index contributed by atoms with van der Waals surface area (Å²) in [7, 11) is 0. The van der Waals surface area contributed by atoms with Crippen molar-refractivity contribution in [3.8, 4) is 0 Å². The molecule has 2 aromatic heterocycles. The predicted octanol–water partition coefficient (Wildman–Crippen LogP) is 2.76. The van der Waals surface area contributed by atoms with Crippen LogP contribution in [-0.4, -0.2) is 35.1 Å². The fraction of sp³-hybridized carbons (Fsp3) is 0.556. The highest BCUT2D eigenvalue weighted by Gasteiger charge is 2.57. The maximum atomic E-state index is 13.0. The molecule has 5 nitrogen and oxygen atoms in total. The maximum Gasteiger partial charge on any atom is 0.229 e.